The highest BCUT2D eigenvalue weighted by Crippen LogP contribution is 2.24. The molecule has 0 fully saturated rings. The van der Waals surface area contributed by atoms with Gasteiger partial charge in [-0.05, 0) is 24.0 Å². The van der Waals surface area contributed by atoms with E-state index in [9.17, 15) is 4.79 Å². The Kier molecular flexibility index (Phi) is 4.94. The summed E-state index contributed by atoms with van der Waals surface area (Å²) in [4.78, 5) is 21.4. The summed E-state index contributed by atoms with van der Waals surface area (Å²) >= 11 is 0. The number of carbonyl (C=O) groups excluding carboxylic acids is 1. The number of nitrogens with zero attached hydrogens (tertiary/aromatic N) is 5. The summed E-state index contributed by atoms with van der Waals surface area (Å²) in [5.74, 6) is 0.420. The van der Waals surface area contributed by atoms with Crippen molar-refractivity contribution in [1.29, 1.82) is 0 Å². The average Bonchev–Trinajstić information content (AvgIpc) is 3.49. The van der Waals surface area contributed by atoms with E-state index in [1.54, 1.807) is 24.8 Å². The van der Waals surface area contributed by atoms with E-state index in [1.807, 2.05) is 0 Å². The Morgan fingerprint density at radius 2 is 2.03 bits per heavy atom. The highest BCUT2D eigenvalue weighted by molar-refractivity contribution is 5.87. The second-order valence-corrected chi connectivity index (χ2v) is 7.38. The van der Waals surface area contributed by atoms with E-state index in [4.69, 9.17) is 4.74 Å². The summed E-state index contributed by atoms with van der Waals surface area (Å²) in [7, 11) is 0. The number of hydrogen-bond acceptors (Lipinski definition) is 7. The van der Waals surface area contributed by atoms with Gasteiger partial charge in [-0.25, -0.2) is 9.97 Å². The van der Waals surface area contributed by atoms with Gasteiger partial charge in [-0.2, -0.15) is 15.4 Å². The number of anilines is 1. The number of rotatable bonds is 7. The van der Waals surface area contributed by atoms with Crippen LogP contribution in [-0.2, 0) is 24.0 Å². The summed E-state index contributed by atoms with van der Waals surface area (Å²) in [6, 6.07) is 8.76. The van der Waals surface area contributed by atoms with Gasteiger partial charge in [0.15, 0.2) is 0 Å². The predicted octanol–water partition coefficient (Wildman–Crippen LogP) is 2.03. The number of carbonyl (C=O) groups is 1. The molecule has 5 rings (SSSR count). The number of H-pyrrole nitrogens is 1. The molecule has 4 aromatic rings. The van der Waals surface area contributed by atoms with Gasteiger partial charge in [0, 0.05) is 36.4 Å². The third-order valence-electron chi connectivity index (χ3n) is 5.25. The van der Waals surface area contributed by atoms with E-state index in [0.717, 1.165) is 29.4 Å². The molecule has 1 aliphatic rings. The lowest BCUT2D eigenvalue weighted by Gasteiger charge is -2.11. The van der Waals surface area contributed by atoms with Crippen LogP contribution in [0.25, 0.3) is 10.9 Å². The molecule has 9 nitrogen and oxygen atoms in total. The van der Waals surface area contributed by atoms with E-state index in [-0.39, 0.29) is 18.6 Å². The van der Waals surface area contributed by atoms with Gasteiger partial charge < -0.3 is 10.1 Å². The third-order valence-corrected chi connectivity index (χ3v) is 5.25. The number of hydrogen-bond donors (Lipinski definition) is 2. The molecule has 3 aromatic heterocycles. The van der Waals surface area contributed by atoms with Crippen LogP contribution in [0.3, 0.4) is 0 Å². The summed E-state index contributed by atoms with van der Waals surface area (Å²) in [6.07, 6.45) is 9.34. The summed E-state index contributed by atoms with van der Waals surface area (Å²) in [5.41, 5.74) is 4.27. The van der Waals surface area contributed by atoms with Gasteiger partial charge >= 0.3 is 0 Å². The summed E-state index contributed by atoms with van der Waals surface area (Å²) in [6.45, 7) is 0.383. The average molecular weight is 403 g/mol. The highest BCUT2D eigenvalue weighted by atomic mass is 16.5. The quantitative estimate of drug-likeness (QED) is 0.454. The lowest BCUT2D eigenvalue weighted by atomic mass is 10.1. The van der Waals surface area contributed by atoms with Crippen LogP contribution in [0.2, 0.25) is 0 Å². The van der Waals surface area contributed by atoms with Gasteiger partial charge in [-0.15, -0.1) is 0 Å². The Morgan fingerprint density at radius 3 is 2.80 bits per heavy atom. The van der Waals surface area contributed by atoms with Crippen LogP contribution < -0.4 is 5.32 Å². The molecular formula is C21H21N7O2. The van der Waals surface area contributed by atoms with Crippen molar-refractivity contribution in [3.63, 3.8) is 0 Å². The first-order valence-corrected chi connectivity index (χ1v) is 9.88. The Morgan fingerprint density at radius 1 is 1.20 bits per heavy atom. The van der Waals surface area contributed by atoms with E-state index in [0.29, 0.717) is 19.0 Å². The fraction of sp³-hybridized carbons (Fsp3) is 0.286. The minimum absolute atomic E-state index is 0.0162. The Bertz CT molecular complexity index is 1140. The molecule has 0 amide bonds. The van der Waals surface area contributed by atoms with Gasteiger partial charge in [-0.3, -0.25) is 9.36 Å². The third kappa shape index (κ3) is 3.92. The van der Waals surface area contributed by atoms with Crippen LogP contribution >= 0.6 is 0 Å². The van der Waals surface area contributed by atoms with Crippen molar-refractivity contribution >= 4 is 22.8 Å². The maximum atomic E-state index is 12.4. The molecule has 0 bridgehead atoms. The molecule has 9 heteroatoms. The first kappa shape index (κ1) is 18.4. The summed E-state index contributed by atoms with van der Waals surface area (Å²) in [5, 5.41) is 14.5. The van der Waals surface area contributed by atoms with Crippen molar-refractivity contribution < 1.29 is 9.53 Å². The van der Waals surface area contributed by atoms with Gasteiger partial charge in [-0.1, -0.05) is 24.3 Å². The van der Waals surface area contributed by atoms with Crippen molar-refractivity contribution in [1.82, 2.24) is 29.9 Å². The molecule has 1 aliphatic carbocycles. The zero-order valence-corrected chi connectivity index (χ0v) is 16.3. The van der Waals surface area contributed by atoms with Gasteiger partial charge in [0.2, 0.25) is 5.95 Å². The Labute approximate surface area is 172 Å². The molecule has 0 spiro atoms. The van der Waals surface area contributed by atoms with E-state index in [1.165, 1.54) is 15.7 Å². The molecule has 3 heterocycles. The largest absolute Gasteiger partial charge is 0.371 e. The number of aromatic amines is 1. The van der Waals surface area contributed by atoms with E-state index >= 15 is 0 Å². The first-order chi connectivity index (χ1) is 14.7. The van der Waals surface area contributed by atoms with Crippen molar-refractivity contribution in [2.45, 2.75) is 25.3 Å². The standard InChI is InChI=1S/C21H21N7O2/c29-20(13-30-6-5-17-10-23-27-26-17)28-11-16-9-22-21(25-19(16)12-28)24-18-7-14-3-1-2-4-15(14)8-18/h1-4,9-12,18H,5-8,13H2,(H,24,25)(H,23,26,27). The van der Waals surface area contributed by atoms with Crippen LogP contribution in [-0.4, -0.2) is 55.1 Å². The van der Waals surface area contributed by atoms with Crippen LogP contribution in [0.15, 0.2) is 49.1 Å². The number of nitrogens with one attached hydrogen (secondary N) is 2. The summed E-state index contributed by atoms with van der Waals surface area (Å²) < 4.78 is 6.97. The fourth-order valence-electron chi connectivity index (χ4n) is 3.74. The van der Waals surface area contributed by atoms with Crippen LogP contribution in [0.4, 0.5) is 5.95 Å². The lowest BCUT2D eigenvalue weighted by Crippen LogP contribution is -2.20. The van der Waals surface area contributed by atoms with Gasteiger partial charge in [0.25, 0.3) is 5.91 Å². The van der Waals surface area contributed by atoms with E-state index < -0.39 is 0 Å². The molecule has 0 saturated carbocycles. The maximum Gasteiger partial charge on any atom is 0.256 e. The number of aromatic nitrogens is 6. The minimum atomic E-state index is -0.158. The van der Waals surface area contributed by atoms with Crippen molar-refractivity contribution in [3.05, 3.63) is 65.9 Å². The highest BCUT2D eigenvalue weighted by Gasteiger charge is 2.21. The zero-order chi connectivity index (χ0) is 20.3. The van der Waals surface area contributed by atoms with Crippen LogP contribution in [0.1, 0.15) is 21.6 Å². The van der Waals surface area contributed by atoms with Crippen molar-refractivity contribution in [2.24, 2.45) is 0 Å². The van der Waals surface area contributed by atoms with Crippen LogP contribution in [0, 0.1) is 0 Å². The smallest absolute Gasteiger partial charge is 0.256 e. The van der Waals surface area contributed by atoms with Crippen molar-refractivity contribution in [3.8, 4) is 0 Å². The molecule has 152 valence electrons. The molecule has 0 radical (unpaired) electrons. The van der Waals surface area contributed by atoms with Crippen molar-refractivity contribution in [2.75, 3.05) is 18.5 Å². The van der Waals surface area contributed by atoms with E-state index in [2.05, 4.69) is 55.0 Å². The Balaban J connectivity index is 1.19. The second-order valence-electron chi connectivity index (χ2n) is 7.38. The van der Waals surface area contributed by atoms with Crippen LogP contribution in [0.5, 0.6) is 0 Å². The lowest BCUT2D eigenvalue weighted by molar-refractivity contribution is 0.0681. The molecule has 1 aromatic carbocycles. The Hall–Kier alpha value is -3.59. The van der Waals surface area contributed by atoms with Gasteiger partial charge in [0.1, 0.15) is 6.61 Å². The fourth-order valence-corrected chi connectivity index (χ4v) is 3.74. The number of benzene rings is 1. The van der Waals surface area contributed by atoms with Gasteiger partial charge in [0.05, 0.1) is 24.0 Å². The molecule has 0 saturated heterocycles. The maximum absolute atomic E-state index is 12.4. The first-order valence-electron chi connectivity index (χ1n) is 9.88. The SMILES string of the molecule is O=C(COCCc1cn[nH]n1)n1cc2cnc(NC3Cc4ccccc4C3)nc2c1. The zero-order valence-electron chi connectivity index (χ0n) is 16.3. The predicted molar refractivity (Wildman–Crippen MR) is 110 cm³/mol. The molecule has 30 heavy (non-hydrogen) atoms. The topological polar surface area (TPSA) is 111 Å². The molecule has 2 N–H and O–H groups in total. The number of ether oxygens (including phenoxy) is 1. The normalized spacial score (nSPS) is 13.6. The molecule has 0 unspecified atom stereocenters. The minimum Gasteiger partial charge on any atom is -0.371 e. The molecule has 0 atom stereocenters. The molecular weight excluding hydrogens is 382 g/mol. The molecule has 0 aliphatic heterocycles. The number of fused-ring (bicyclic) bond motifs is 2. The second kappa shape index (κ2) is 8.03. The monoisotopic (exact) mass is 403 g/mol.